The normalized spacial score (nSPS) is 11.1. The van der Waals surface area contributed by atoms with Crippen molar-refractivity contribution in [3.8, 4) is 5.75 Å². The Morgan fingerprint density at radius 3 is 2.06 bits per heavy atom. The fraction of sp³-hybridized carbons (Fsp3) is 0.130. The van der Waals surface area contributed by atoms with Gasteiger partial charge in [0.2, 0.25) is 0 Å². The van der Waals surface area contributed by atoms with Crippen LogP contribution in [0.5, 0.6) is 5.75 Å². The number of rotatable bonds is 9. The highest BCUT2D eigenvalue weighted by atomic mass is 32.2. The number of anilines is 2. The van der Waals surface area contributed by atoms with Crippen LogP contribution in [0, 0.1) is 6.92 Å². The summed E-state index contributed by atoms with van der Waals surface area (Å²) >= 11 is 0. The molecule has 0 heterocycles. The molecule has 0 saturated heterocycles. The minimum atomic E-state index is -3.86. The highest BCUT2D eigenvalue weighted by Gasteiger charge is 2.16. The van der Waals surface area contributed by atoms with Crippen molar-refractivity contribution in [3.05, 3.63) is 83.9 Å². The highest BCUT2D eigenvalue weighted by molar-refractivity contribution is 7.92. The van der Waals surface area contributed by atoms with Gasteiger partial charge in [0.1, 0.15) is 5.75 Å². The number of nitrogens with one attached hydrogen (secondary N) is 2. The molecule has 0 atom stereocenters. The summed E-state index contributed by atoms with van der Waals surface area (Å²) in [5, 5.41) is 2.44. The fourth-order valence-electron chi connectivity index (χ4n) is 2.74. The van der Waals surface area contributed by atoms with E-state index in [4.69, 9.17) is 4.74 Å². The van der Waals surface area contributed by atoms with Crippen LogP contribution in [0.1, 0.15) is 15.9 Å². The minimum absolute atomic E-state index is 0.0515. The second kappa shape index (κ2) is 10.8. The van der Waals surface area contributed by atoms with Gasteiger partial charge < -0.3 is 14.8 Å². The lowest BCUT2D eigenvalue weighted by Gasteiger charge is -2.10. The fourth-order valence-corrected chi connectivity index (χ4v) is 3.80. The van der Waals surface area contributed by atoms with E-state index >= 15 is 0 Å². The SMILES string of the molecule is Cc1ccc(NS(=O)(=O)c2ccc(C(=O)OCC(=O)Nc3ccc(OC(F)F)cc3)cc2)cc1. The molecule has 0 aromatic heterocycles. The van der Waals surface area contributed by atoms with Gasteiger partial charge >= 0.3 is 12.6 Å². The quantitative estimate of drug-likeness (QED) is 0.435. The van der Waals surface area contributed by atoms with Gasteiger partial charge in [-0.2, -0.15) is 8.78 Å². The number of carbonyl (C=O) groups excluding carboxylic acids is 2. The van der Waals surface area contributed by atoms with Gasteiger partial charge in [-0.25, -0.2) is 13.2 Å². The maximum absolute atomic E-state index is 12.5. The number of ether oxygens (including phenoxy) is 2. The lowest BCUT2D eigenvalue weighted by Crippen LogP contribution is -2.21. The third-order valence-electron chi connectivity index (χ3n) is 4.40. The Morgan fingerprint density at radius 1 is 0.882 bits per heavy atom. The summed E-state index contributed by atoms with van der Waals surface area (Å²) in [4.78, 5) is 24.1. The molecule has 3 aromatic carbocycles. The van der Waals surface area contributed by atoms with Crippen LogP contribution in [0.15, 0.2) is 77.7 Å². The summed E-state index contributed by atoms with van der Waals surface area (Å²) in [6.07, 6.45) is 0. The molecule has 3 aromatic rings. The first-order valence-electron chi connectivity index (χ1n) is 9.84. The van der Waals surface area contributed by atoms with E-state index in [1.807, 2.05) is 6.92 Å². The maximum Gasteiger partial charge on any atom is 0.387 e. The maximum atomic E-state index is 12.5. The number of esters is 1. The summed E-state index contributed by atoms with van der Waals surface area (Å²) in [7, 11) is -3.86. The van der Waals surface area contributed by atoms with E-state index in [2.05, 4.69) is 14.8 Å². The summed E-state index contributed by atoms with van der Waals surface area (Å²) in [5.41, 5.74) is 1.72. The van der Waals surface area contributed by atoms with Gasteiger partial charge in [0, 0.05) is 11.4 Å². The summed E-state index contributed by atoms with van der Waals surface area (Å²) in [5.74, 6) is -1.55. The Balaban J connectivity index is 1.53. The molecule has 11 heteroatoms. The first-order chi connectivity index (χ1) is 16.1. The van der Waals surface area contributed by atoms with E-state index in [0.717, 1.165) is 5.56 Å². The number of carbonyl (C=O) groups is 2. The van der Waals surface area contributed by atoms with Crippen LogP contribution in [0.4, 0.5) is 20.2 Å². The second-order valence-corrected chi connectivity index (χ2v) is 8.71. The van der Waals surface area contributed by atoms with Crippen LogP contribution < -0.4 is 14.8 Å². The van der Waals surface area contributed by atoms with E-state index in [0.29, 0.717) is 11.4 Å². The van der Waals surface area contributed by atoms with Crippen molar-refractivity contribution in [2.24, 2.45) is 0 Å². The molecule has 3 rings (SSSR count). The standard InChI is InChI=1S/C23H20F2N2O6S/c1-15-2-6-18(7-3-15)27-34(30,31)20-12-4-16(5-13-20)22(29)32-14-21(28)26-17-8-10-19(11-9-17)33-23(24)25/h2-13,23,27H,14H2,1H3,(H,26,28). The predicted octanol–water partition coefficient (Wildman–Crippen LogP) is 4.19. The van der Waals surface area contributed by atoms with Gasteiger partial charge in [-0.1, -0.05) is 17.7 Å². The molecule has 0 bridgehead atoms. The topological polar surface area (TPSA) is 111 Å². The van der Waals surface area contributed by atoms with Crippen molar-refractivity contribution in [2.75, 3.05) is 16.6 Å². The molecule has 178 valence electrons. The number of benzene rings is 3. The highest BCUT2D eigenvalue weighted by Crippen LogP contribution is 2.19. The van der Waals surface area contributed by atoms with Crippen LogP contribution >= 0.6 is 0 Å². The minimum Gasteiger partial charge on any atom is -0.452 e. The van der Waals surface area contributed by atoms with Crippen LogP contribution in [-0.2, 0) is 19.6 Å². The van der Waals surface area contributed by atoms with Crippen LogP contribution in [0.2, 0.25) is 0 Å². The summed E-state index contributed by atoms with van der Waals surface area (Å²) in [6, 6.07) is 17.0. The molecular weight excluding hydrogens is 470 g/mol. The van der Waals surface area contributed by atoms with Gasteiger partial charge in [-0.15, -0.1) is 0 Å². The average molecular weight is 490 g/mol. The Bertz CT molecular complexity index is 1250. The van der Waals surface area contributed by atoms with E-state index in [-0.39, 0.29) is 16.2 Å². The van der Waals surface area contributed by atoms with Crippen molar-refractivity contribution >= 4 is 33.3 Å². The molecule has 34 heavy (non-hydrogen) atoms. The van der Waals surface area contributed by atoms with E-state index in [1.165, 1.54) is 48.5 Å². The van der Waals surface area contributed by atoms with Crippen molar-refractivity contribution < 1.29 is 36.3 Å². The molecule has 0 spiro atoms. The van der Waals surface area contributed by atoms with Gasteiger partial charge in [0.15, 0.2) is 6.61 Å². The first-order valence-corrected chi connectivity index (χ1v) is 11.3. The molecule has 0 aliphatic rings. The zero-order valence-electron chi connectivity index (χ0n) is 17.8. The summed E-state index contributed by atoms with van der Waals surface area (Å²) < 4.78 is 60.9. The first kappa shape index (κ1) is 24.6. The molecular formula is C23H20F2N2O6S. The lowest BCUT2D eigenvalue weighted by molar-refractivity contribution is -0.119. The molecule has 1 amide bonds. The number of halogens is 2. The molecule has 8 nitrogen and oxygen atoms in total. The Labute approximate surface area is 194 Å². The molecule has 0 aliphatic heterocycles. The van der Waals surface area contributed by atoms with E-state index in [9.17, 15) is 26.8 Å². The number of sulfonamides is 1. The average Bonchev–Trinajstić information content (AvgIpc) is 2.80. The lowest BCUT2D eigenvalue weighted by atomic mass is 10.2. The van der Waals surface area contributed by atoms with Crippen molar-refractivity contribution in [2.45, 2.75) is 18.4 Å². The van der Waals surface area contributed by atoms with Crippen LogP contribution in [0.3, 0.4) is 0 Å². The van der Waals surface area contributed by atoms with Crippen molar-refractivity contribution in [1.29, 1.82) is 0 Å². The number of hydrogen-bond acceptors (Lipinski definition) is 6. The largest absolute Gasteiger partial charge is 0.452 e. The molecule has 0 saturated carbocycles. The van der Waals surface area contributed by atoms with Gasteiger partial charge in [-0.3, -0.25) is 9.52 Å². The summed E-state index contributed by atoms with van der Waals surface area (Å²) in [6.45, 7) is -1.69. The predicted molar refractivity (Wildman–Crippen MR) is 120 cm³/mol. The van der Waals surface area contributed by atoms with Crippen molar-refractivity contribution in [3.63, 3.8) is 0 Å². The number of alkyl halides is 2. The second-order valence-electron chi connectivity index (χ2n) is 7.02. The Hall–Kier alpha value is -3.99. The van der Waals surface area contributed by atoms with Gasteiger partial charge in [0.25, 0.3) is 15.9 Å². The van der Waals surface area contributed by atoms with E-state index < -0.39 is 35.1 Å². The Kier molecular flexibility index (Phi) is 7.79. The van der Waals surface area contributed by atoms with Gasteiger partial charge in [-0.05, 0) is 67.6 Å². The zero-order valence-corrected chi connectivity index (χ0v) is 18.6. The smallest absolute Gasteiger partial charge is 0.387 e. The molecule has 2 N–H and O–H groups in total. The third kappa shape index (κ3) is 7.01. The van der Waals surface area contributed by atoms with Crippen LogP contribution in [-0.4, -0.2) is 33.5 Å². The molecule has 0 aliphatic carbocycles. The third-order valence-corrected chi connectivity index (χ3v) is 5.80. The van der Waals surface area contributed by atoms with Gasteiger partial charge in [0.05, 0.1) is 10.5 Å². The molecule has 0 fully saturated rings. The van der Waals surface area contributed by atoms with Crippen molar-refractivity contribution in [1.82, 2.24) is 0 Å². The van der Waals surface area contributed by atoms with E-state index in [1.54, 1.807) is 24.3 Å². The molecule has 0 unspecified atom stereocenters. The number of amides is 1. The van der Waals surface area contributed by atoms with Crippen LogP contribution in [0.25, 0.3) is 0 Å². The zero-order chi connectivity index (χ0) is 24.7. The number of hydrogen-bond donors (Lipinski definition) is 2. The monoisotopic (exact) mass is 490 g/mol. The Morgan fingerprint density at radius 2 is 1.47 bits per heavy atom. The molecule has 0 radical (unpaired) electrons. The number of aryl methyl sites for hydroxylation is 1.